The van der Waals surface area contributed by atoms with Crippen molar-refractivity contribution < 1.29 is 19.1 Å². The van der Waals surface area contributed by atoms with Crippen molar-refractivity contribution in [2.45, 2.75) is 18.9 Å². The van der Waals surface area contributed by atoms with Crippen molar-refractivity contribution in [2.24, 2.45) is 5.92 Å². The molecule has 0 spiro atoms. The van der Waals surface area contributed by atoms with Gasteiger partial charge in [-0.25, -0.2) is 4.39 Å². The molecule has 4 nitrogen and oxygen atoms in total. The van der Waals surface area contributed by atoms with Gasteiger partial charge in [0.25, 0.3) is 0 Å². The van der Waals surface area contributed by atoms with Crippen LogP contribution in [0.2, 0.25) is 5.02 Å². The molecule has 0 aliphatic carbocycles. The summed E-state index contributed by atoms with van der Waals surface area (Å²) in [5.41, 5.74) is 0.149. The minimum Gasteiger partial charge on any atom is -0.481 e. The van der Waals surface area contributed by atoms with Crippen LogP contribution in [0.3, 0.4) is 0 Å². The molecule has 1 N–H and O–H groups in total. The molecule has 1 amide bonds. The van der Waals surface area contributed by atoms with Gasteiger partial charge >= 0.3 is 5.97 Å². The van der Waals surface area contributed by atoms with Crippen molar-refractivity contribution >= 4 is 23.5 Å². The minimum atomic E-state index is -1.04. The highest BCUT2D eigenvalue weighted by atomic mass is 35.5. The zero-order valence-corrected chi connectivity index (χ0v) is 11.0. The summed E-state index contributed by atoms with van der Waals surface area (Å²) in [5.74, 6) is -2.72. The first-order chi connectivity index (χ1) is 8.93. The number of amides is 1. The molecule has 2 unspecified atom stereocenters. The Labute approximate surface area is 114 Å². The molecular formula is C13H13ClFNO3. The maximum atomic E-state index is 14.1. The number of carbonyl (C=O) groups excluding carboxylic acids is 1. The smallest absolute Gasteiger partial charge is 0.308 e. The van der Waals surface area contributed by atoms with E-state index in [0.717, 1.165) is 0 Å². The van der Waals surface area contributed by atoms with Crippen LogP contribution < -0.4 is 0 Å². The Kier molecular flexibility index (Phi) is 3.75. The van der Waals surface area contributed by atoms with Crippen molar-refractivity contribution in [3.05, 3.63) is 34.6 Å². The van der Waals surface area contributed by atoms with Gasteiger partial charge in [0, 0.05) is 19.0 Å². The van der Waals surface area contributed by atoms with Crippen LogP contribution in [-0.2, 0) is 9.59 Å². The molecule has 6 heteroatoms. The Morgan fingerprint density at radius 1 is 1.53 bits per heavy atom. The zero-order chi connectivity index (χ0) is 14.2. The molecule has 1 saturated heterocycles. The summed E-state index contributed by atoms with van der Waals surface area (Å²) in [5, 5.41) is 9.16. The maximum Gasteiger partial charge on any atom is 0.308 e. The second kappa shape index (κ2) is 5.17. The molecule has 102 valence electrons. The third-order valence-electron chi connectivity index (χ3n) is 3.48. The van der Waals surface area contributed by atoms with E-state index in [1.807, 2.05) is 0 Å². The third kappa shape index (κ3) is 2.42. The van der Waals surface area contributed by atoms with Crippen LogP contribution in [0.1, 0.15) is 24.4 Å². The molecule has 0 aromatic heterocycles. The van der Waals surface area contributed by atoms with Crippen LogP contribution in [0.15, 0.2) is 18.2 Å². The Morgan fingerprint density at radius 2 is 2.21 bits per heavy atom. The molecule has 2 rings (SSSR count). The van der Waals surface area contributed by atoms with Crippen molar-refractivity contribution in [2.75, 3.05) is 7.05 Å². The van der Waals surface area contributed by atoms with Gasteiger partial charge in [-0.1, -0.05) is 23.7 Å². The van der Waals surface area contributed by atoms with Crippen LogP contribution in [0, 0.1) is 11.7 Å². The van der Waals surface area contributed by atoms with E-state index in [2.05, 4.69) is 0 Å². The van der Waals surface area contributed by atoms with E-state index in [1.165, 1.54) is 24.1 Å². The van der Waals surface area contributed by atoms with Gasteiger partial charge in [-0.2, -0.15) is 0 Å². The van der Waals surface area contributed by atoms with Gasteiger partial charge in [0.2, 0.25) is 5.91 Å². The number of carbonyl (C=O) groups is 2. The summed E-state index contributed by atoms with van der Waals surface area (Å²) in [6, 6.07) is 3.59. The number of aliphatic carboxylic acids is 1. The third-order valence-corrected chi connectivity index (χ3v) is 3.77. The Balaban J connectivity index is 2.50. The van der Waals surface area contributed by atoms with E-state index in [0.29, 0.717) is 0 Å². The number of carboxylic acid groups (broad SMARTS) is 1. The van der Waals surface area contributed by atoms with Gasteiger partial charge in [0.1, 0.15) is 5.82 Å². The highest BCUT2D eigenvalue weighted by Gasteiger charge is 2.40. The van der Waals surface area contributed by atoms with Gasteiger partial charge in [0.05, 0.1) is 17.0 Å². The number of halogens is 2. The average molecular weight is 286 g/mol. The number of rotatable bonds is 2. The summed E-state index contributed by atoms with van der Waals surface area (Å²) in [4.78, 5) is 24.3. The molecule has 0 bridgehead atoms. The first-order valence-corrected chi connectivity index (χ1v) is 6.23. The second-order valence-electron chi connectivity index (χ2n) is 4.58. The lowest BCUT2D eigenvalue weighted by atomic mass is 9.84. The van der Waals surface area contributed by atoms with E-state index in [9.17, 15) is 19.1 Å². The molecule has 0 radical (unpaired) electrons. The van der Waals surface area contributed by atoms with Crippen molar-refractivity contribution in [3.8, 4) is 0 Å². The first kappa shape index (κ1) is 13.8. The lowest BCUT2D eigenvalue weighted by Gasteiger charge is -2.37. The lowest BCUT2D eigenvalue weighted by Crippen LogP contribution is -2.43. The zero-order valence-electron chi connectivity index (χ0n) is 10.3. The molecule has 19 heavy (non-hydrogen) atoms. The van der Waals surface area contributed by atoms with Gasteiger partial charge in [-0.3, -0.25) is 9.59 Å². The van der Waals surface area contributed by atoms with Crippen molar-refractivity contribution in [3.63, 3.8) is 0 Å². The lowest BCUT2D eigenvalue weighted by molar-refractivity contribution is -0.150. The normalized spacial score (nSPS) is 23.5. The van der Waals surface area contributed by atoms with E-state index in [-0.39, 0.29) is 29.3 Å². The predicted molar refractivity (Wildman–Crippen MR) is 67.3 cm³/mol. The number of hydrogen-bond donors (Lipinski definition) is 1. The van der Waals surface area contributed by atoms with Gasteiger partial charge in [0.15, 0.2) is 0 Å². The number of piperidine rings is 1. The summed E-state index contributed by atoms with van der Waals surface area (Å²) in [6.45, 7) is 0. The molecule has 1 fully saturated rings. The van der Waals surface area contributed by atoms with Crippen LogP contribution in [0.4, 0.5) is 4.39 Å². The van der Waals surface area contributed by atoms with Crippen LogP contribution in [0.25, 0.3) is 0 Å². The van der Waals surface area contributed by atoms with Gasteiger partial charge in [-0.05, 0) is 12.5 Å². The van der Waals surface area contributed by atoms with Gasteiger partial charge in [-0.15, -0.1) is 0 Å². The fourth-order valence-electron chi connectivity index (χ4n) is 2.47. The molecule has 1 aliphatic heterocycles. The van der Waals surface area contributed by atoms with Crippen molar-refractivity contribution in [1.82, 2.24) is 4.90 Å². The number of benzene rings is 1. The molecule has 1 aromatic carbocycles. The Hall–Kier alpha value is -1.62. The van der Waals surface area contributed by atoms with Gasteiger partial charge < -0.3 is 10.0 Å². The number of hydrogen-bond acceptors (Lipinski definition) is 2. The summed E-state index contributed by atoms with van der Waals surface area (Å²) in [6.07, 6.45) is 0.362. The summed E-state index contributed by atoms with van der Waals surface area (Å²) >= 11 is 5.72. The van der Waals surface area contributed by atoms with Crippen LogP contribution in [0.5, 0.6) is 0 Å². The monoisotopic (exact) mass is 285 g/mol. The quantitative estimate of drug-likeness (QED) is 0.908. The number of nitrogens with zero attached hydrogens (tertiary/aromatic N) is 1. The molecule has 1 heterocycles. The highest BCUT2D eigenvalue weighted by molar-refractivity contribution is 6.30. The van der Waals surface area contributed by atoms with Crippen molar-refractivity contribution in [1.29, 1.82) is 0 Å². The summed E-state index contributed by atoms with van der Waals surface area (Å²) in [7, 11) is 1.49. The van der Waals surface area contributed by atoms with Crippen LogP contribution in [-0.4, -0.2) is 28.9 Å². The van der Waals surface area contributed by atoms with Crippen LogP contribution >= 0.6 is 11.6 Å². The molecule has 0 saturated carbocycles. The molecule has 1 aliphatic rings. The SMILES string of the molecule is CN1C(=O)CCC(C(=O)O)C1c1cccc(Cl)c1F. The highest BCUT2D eigenvalue weighted by Crippen LogP contribution is 2.38. The van der Waals surface area contributed by atoms with E-state index in [4.69, 9.17) is 11.6 Å². The standard InChI is InChI=1S/C13H13ClFNO3/c1-16-10(17)6-5-8(13(18)19)12(16)7-3-2-4-9(14)11(7)15/h2-4,8,12H,5-6H2,1H3,(H,18,19). The van der Waals surface area contributed by atoms with E-state index >= 15 is 0 Å². The fourth-order valence-corrected chi connectivity index (χ4v) is 2.65. The minimum absolute atomic E-state index is 0.0759. The maximum absolute atomic E-state index is 14.1. The van der Waals surface area contributed by atoms with E-state index < -0.39 is 23.7 Å². The fraction of sp³-hybridized carbons (Fsp3) is 0.385. The molecule has 1 aromatic rings. The largest absolute Gasteiger partial charge is 0.481 e. The number of carboxylic acids is 1. The molecular weight excluding hydrogens is 273 g/mol. The summed E-state index contributed by atoms with van der Waals surface area (Å²) < 4.78 is 14.1. The second-order valence-corrected chi connectivity index (χ2v) is 4.98. The topological polar surface area (TPSA) is 57.6 Å². The first-order valence-electron chi connectivity index (χ1n) is 5.86. The molecule has 2 atom stereocenters. The Morgan fingerprint density at radius 3 is 2.84 bits per heavy atom. The average Bonchev–Trinajstić information content (AvgIpc) is 2.36. The van der Waals surface area contributed by atoms with E-state index in [1.54, 1.807) is 6.07 Å². The Bertz CT molecular complexity index is 535. The predicted octanol–water partition coefficient (Wildman–Crippen LogP) is 2.47. The number of likely N-dealkylation sites (tertiary alicyclic amines) is 1.